The first-order valence-electron chi connectivity index (χ1n) is 6.58. The number of Topliss-reactive ketones (excluding diaryl/α,β-unsaturated/α-hetero) is 1. The highest BCUT2D eigenvalue weighted by molar-refractivity contribution is 6.11. The summed E-state index contributed by atoms with van der Waals surface area (Å²) in [5.41, 5.74) is 0.922. The van der Waals surface area contributed by atoms with Crippen molar-refractivity contribution in [3.8, 4) is 23.3 Å². The van der Waals surface area contributed by atoms with Crippen LogP contribution in [0.15, 0.2) is 48.5 Å². The van der Waals surface area contributed by atoms with Gasteiger partial charge in [-0.05, 0) is 36.3 Å². The standard InChI is InChI=1S/C18H14O4/c1-13(19)22-18-11-9-15(21-2)12-16(18)17(20)10-8-14-6-4-3-5-7-14/h3-7,9,11-12H,1-2H3. The number of hydrogen-bond acceptors (Lipinski definition) is 4. The molecule has 0 saturated heterocycles. The van der Waals surface area contributed by atoms with E-state index < -0.39 is 11.8 Å². The molecule has 0 bridgehead atoms. The summed E-state index contributed by atoms with van der Waals surface area (Å²) >= 11 is 0. The first-order chi connectivity index (χ1) is 10.6. The Morgan fingerprint density at radius 2 is 1.77 bits per heavy atom. The van der Waals surface area contributed by atoms with Crippen LogP contribution in [-0.2, 0) is 4.79 Å². The molecule has 0 N–H and O–H groups in total. The van der Waals surface area contributed by atoms with Gasteiger partial charge >= 0.3 is 5.97 Å². The molecule has 2 aromatic rings. The molecule has 0 aromatic heterocycles. The number of ketones is 1. The summed E-state index contributed by atoms with van der Waals surface area (Å²) in [4.78, 5) is 23.4. The van der Waals surface area contributed by atoms with E-state index in [1.807, 2.05) is 18.2 Å². The van der Waals surface area contributed by atoms with Gasteiger partial charge in [0.1, 0.15) is 11.5 Å². The Morgan fingerprint density at radius 1 is 1.05 bits per heavy atom. The van der Waals surface area contributed by atoms with Crippen LogP contribution in [0.5, 0.6) is 11.5 Å². The van der Waals surface area contributed by atoms with Gasteiger partial charge in [-0.3, -0.25) is 9.59 Å². The molecule has 0 heterocycles. The van der Waals surface area contributed by atoms with Crippen molar-refractivity contribution in [1.82, 2.24) is 0 Å². The minimum atomic E-state index is -0.504. The lowest BCUT2D eigenvalue weighted by Gasteiger charge is -2.07. The van der Waals surface area contributed by atoms with Crippen LogP contribution in [0, 0.1) is 11.8 Å². The lowest BCUT2D eigenvalue weighted by atomic mass is 10.1. The third kappa shape index (κ3) is 3.97. The van der Waals surface area contributed by atoms with E-state index in [4.69, 9.17) is 9.47 Å². The van der Waals surface area contributed by atoms with E-state index in [9.17, 15) is 9.59 Å². The minimum Gasteiger partial charge on any atom is -0.497 e. The maximum absolute atomic E-state index is 12.3. The minimum absolute atomic E-state index is 0.167. The highest BCUT2D eigenvalue weighted by Crippen LogP contribution is 2.24. The summed E-state index contributed by atoms with van der Waals surface area (Å²) in [6.45, 7) is 1.27. The number of esters is 1. The molecule has 2 aromatic carbocycles. The van der Waals surface area contributed by atoms with Crippen molar-refractivity contribution in [2.24, 2.45) is 0 Å². The molecule has 110 valence electrons. The second kappa shape index (κ2) is 7.09. The third-order valence-corrected chi connectivity index (χ3v) is 2.78. The molecule has 0 radical (unpaired) electrons. The molecule has 2 rings (SSSR count). The maximum atomic E-state index is 12.3. The van der Waals surface area contributed by atoms with E-state index in [0.717, 1.165) is 5.56 Å². The van der Waals surface area contributed by atoms with Crippen molar-refractivity contribution < 1.29 is 19.1 Å². The van der Waals surface area contributed by atoms with Gasteiger partial charge in [-0.15, -0.1) is 0 Å². The highest BCUT2D eigenvalue weighted by atomic mass is 16.5. The summed E-state index contributed by atoms with van der Waals surface area (Å²) in [7, 11) is 1.49. The van der Waals surface area contributed by atoms with Gasteiger partial charge in [0.25, 0.3) is 0 Å². The number of carbonyl (C=O) groups excluding carboxylic acids is 2. The van der Waals surface area contributed by atoms with E-state index in [-0.39, 0.29) is 11.3 Å². The Morgan fingerprint density at radius 3 is 2.41 bits per heavy atom. The van der Waals surface area contributed by atoms with Crippen molar-refractivity contribution in [2.75, 3.05) is 7.11 Å². The molecular weight excluding hydrogens is 280 g/mol. The first-order valence-corrected chi connectivity index (χ1v) is 6.58. The van der Waals surface area contributed by atoms with Gasteiger partial charge in [-0.1, -0.05) is 24.1 Å². The van der Waals surface area contributed by atoms with Crippen LogP contribution < -0.4 is 9.47 Å². The lowest BCUT2D eigenvalue weighted by molar-refractivity contribution is -0.131. The summed E-state index contributed by atoms with van der Waals surface area (Å²) in [6, 6.07) is 13.8. The molecule has 0 aliphatic rings. The molecule has 22 heavy (non-hydrogen) atoms. The van der Waals surface area contributed by atoms with Crippen LogP contribution in [0.3, 0.4) is 0 Å². The zero-order valence-corrected chi connectivity index (χ0v) is 12.3. The summed E-state index contributed by atoms with van der Waals surface area (Å²) in [5, 5.41) is 0. The summed E-state index contributed by atoms with van der Waals surface area (Å²) in [6.07, 6.45) is 0. The predicted molar refractivity (Wildman–Crippen MR) is 82.0 cm³/mol. The molecule has 0 aliphatic heterocycles. The van der Waals surface area contributed by atoms with Crippen LogP contribution in [0.2, 0.25) is 0 Å². The highest BCUT2D eigenvalue weighted by Gasteiger charge is 2.14. The smallest absolute Gasteiger partial charge is 0.308 e. The quantitative estimate of drug-likeness (QED) is 0.378. The van der Waals surface area contributed by atoms with Crippen LogP contribution in [0.4, 0.5) is 0 Å². The van der Waals surface area contributed by atoms with E-state index in [0.29, 0.717) is 5.75 Å². The molecule has 0 atom stereocenters. The van der Waals surface area contributed by atoms with Gasteiger partial charge in [0, 0.05) is 12.5 Å². The Balaban J connectivity index is 2.35. The Hall–Kier alpha value is -3.06. The molecule has 0 amide bonds. The van der Waals surface area contributed by atoms with Gasteiger partial charge in [0.05, 0.1) is 12.7 Å². The SMILES string of the molecule is COc1ccc(OC(C)=O)c(C(=O)C#Cc2ccccc2)c1. The lowest BCUT2D eigenvalue weighted by Crippen LogP contribution is -2.07. The average molecular weight is 294 g/mol. The number of methoxy groups -OCH3 is 1. The number of hydrogen-bond donors (Lipinski definition) is 0. The molecule has 0 aliphatic carbocycles. The molecule has 4 heteroatoms. The maximum Gasteiger partial charge on any atom is 0.308 e. The van der Waals surface area contributed by atoms with E-state index >= 15 is 0 Å². The Labute approximate surface area is 128 Å². The van der Waals surface area contributed by atoms with E-state index in [1.165, 1.54) is 26.2 Å². The van der Waals surface area contributed by atoms with Gasteiger partial charge in [-0.2, -0.15) is 0 Å². The zero-order valence-electron chi connectivity index (χ0n) is 12.3. The van der Waals surface area contributed by atoms with Gasteiger partial charge in [-0.25, -0.2) is 0 Å². The van der Waals surface area contributed by atoms with Crippen molar-refractivity contribution >= 4 is 11.8 Å². The van der Waals surface area contributed by atoms with Gasteiger partial charge in [0.15, 0.2) is 0 Å². The molecule has 0 saturated carbocycles. The predicted octanol–water partition coefficient (Wildman–Crippen LogP) is 2.85. The average Bonchev–Trinajstić information content (AvgIpc) is 2.53. The van der Waals surface area contributed by atoms with Crippen molar-refractivity contribution in [1.29, 1.82) is 0 Å². The van der Waals surface area contributed by atoms with Crippen molar-refractivity contribution in [3.05, 3.63) is 59.7 Å². The van der Waals surface area contributed by atoms with Crippen molar-refractivity contribution in [2.45, 2.75) is 6.92 Å². The van der Waals surface area contributed by atoms with E-state index in [2.05, 4.69) is 11.8 Å². The Kier molecular flexibility index (Phi) is 4.94. The summed E-state index contributed by atoms with van der Waals surface area (Å²) in [5.74, 6) is 5.03. The van der Waals surface area contributed by atoms with E-state index in [1.54, 1.807) is 18.2 Å². The van der Waals surface area contributed by atoms with Gasteiger partial charge in [0.2, 0.25) is 5.78 Å². The normalized spacial score (nSPS) is 9.36. The fraction of sp³-hybridized carbons (Fsp3) is 0.111. The first kappa shape index (κ1) is 15.3. The van der Waals surface area contributed by atoms with Crippen LogP contribution in [0.25, 0.3) is 0 Å². The van der Waals surface area contributed by atoms with Crippen molar-refractivity contribution in [3.63, 3.8) is 0 Å². The van der Waals surface area contributed by atoms with Gasteiger partial charge < -0.3 is 9.47 Å². The largest absolute Gasteiger partial charge is 0.497 e. The topological polar surface area (TPSA) is 52.6 Å². The molecule has 0 spiro atoms. The Bertz CT molecular complexity index is 752. The fourth-order valence-corrected chi connectivity index (χ4v) is 1.78. The number of ether oxygens (including phenoxy) is 2. The molecule has 0 unspecified atom stereocenters. The van der Waals surface area contributed by atoms with Crippen LogP contribution in [-0.4, -0.2) is 18.9 Å². The van der Waals surface area contributed by atoms with Crippen LogP contribution >= 0.6 is 0 Å². The molecule has 4 nitrogen and oxygen atoms in total. The fourth-order valence-electron chi connectivity index (χ4n) is 1.78. The third-order valence-electron chi connectivity index (χ3n) is 2.78. The number of carbonyl (C=O) groups is 2. The van der Waals surface area contributed by atoms with Crippen LogP contribution in [0.1, 0.15) is 22.8 Å². The second-order valence-electron chi connectivity index (χ2n) is 4.40. The molecule has 0 fully saturated rings. The molecular formula is C18H14O4. The number of rotatable bonds is 3. The summed E-state index contributed by atoms with van der Waals surface area (Å²) < 4.78 is 10.1. The second-order valence-corrected chi connectivity index (χ2v) is 4.40. The zero-order chi connectivity index (χ0) is 15.9. The number of benzene rings is 2. The monoisotopic (exact) mass is 294 g/mol.